The number of rotatable bonds is 6. The van der Waals surface area contributed by atoms with E-state index in [1.807, 2.05) is 6.92 Å². The van der Waals surface area contributed by atoms with Crippen LogP contribution < -0.4 is 5.32 Å². The third kappa shape index (κ3) is 3.35. The van der Waals surface area contributed by atoms with E-state index in [4.69, 9.17) is 4.74 Å². The number of hydrogen-bond acceptors (Lipinski definition) is 5. The summed E-state index contributed by atoms with van der Waals surface area (Å²) in [5.41, 5.74) is 2.36. The summed E-state index contributed by atoms with van der Waals surface area (Å²) in [5.74, 6) is 0. The molecule has 0 fully saturated rings. The van der Waals surface area contributed by atoms with Crippen LogP contribution in [0.25, 0.3) is 0 Å². The molecule has 2 heterocycles. The standard InChI is InChI=1S/C12H16N2OS2/c1-9-7-17-12(14-9)11(13-4-5-15-2)10-3-6-16-8-10/h3,6-8,11,13H,4-5H2,1-2H3. The van der Waals surface area contributed by atoms with E-state index in [0.29, 0.717) is 6.61 Å². The van der Waals surface area contributed by atoms with E-state index >= 15 is 0 Å². The predicted molar refractivity (Wildman–Crippen MR) is 72.9 cm³/mol. The fourth-order valence-electron chi connectivity index (χ4n) is 1.60. The summed E-state index contributed by atoms with van der Waals surface area (Å²) in [6.07, 6.45) is 0. The molecule has 0 bridgehead atoms. The minimum absolute atomic E-state index is 0.190. The molecule has 0 aliphatic carbocycles. The van der Waals surface area contributed by atoms with Gasteiger partial charge < -0.3 is 10.1 Å². The van der Waals surface area contributed by atoms with Crippen LogP contribution in [-0.2, 0) is 4.74 Å². The van der Waals surface area contributed by atoms with E-state index in [2.05, 4.69) is 32.5 Å². The Bertz CT molecular complexity index is 439. The van der Waals surface area contributed by atoms with Crippen molar-refractivity contribution in [3.63, 3.8) is 0 Å². The number of nitrogens with zero attached hydrogens (tertiary/aromatic N) is 1. The van der Waals surface area contributed by atoms with Crippen LogP contribution >= 0.6 is 22.7 Å². The van der Waals surface area contributed by atoms with Crippen molar-refractivity contribution in [3.05, 3.63) is 38.5 Å². The maximum Gasteiger partial charge on any atom is 0.114 e. The normalized spacial score (nSPS) is 12.8. The molecular weight excluding hydrogens is 252 g/mol. The van der Waals surface area contributed by atoms with Gasteiger partial charge >= 0.3 is 0 Å². The van der Waals surface area contributed by atoms with Gasteiger partial charge in [-0.2, -0.15) is 11.3 Å². The Morgan fingerprint density at radius 3 is 2.94 bits per heavy atom. The fraction of sp³-hybridized carbons (Fsp3) is 0.417. The Morgan fingerprint density at radius 2 is 2.35 bits per heavy atom. The summed E-state index contributed by atoms with van der Waals surface area (Å²) < 4.78 is 5.07. The molecule has 1 atom stereocenters. The second-order valence-electron chi connectivity index (χ2n) is 3.76. The van der Waals surface area contributed by atoms with Gasteiger partial charge in [-0.25, -0.2) is 4.98 Å². The fourth-order valence-corrected chi connectivity index (χ4v) is 3.18. The first-order valence-electron chi connectivity index (χ1n) is 5.47. The zero-order valence-electron chi connectivity index (χ0n) is 9.97. The van der Waals surface area contributed by atoms with E-state index in [0.717, 1.165) is 17.2 Å². The predicted octanol–water partition coefficient (Wildman–Crippen LogP) is 2.84. The highest BCUT2D eigenvalue weighted by molar-refractivity contribution is 7.10. The molecule has 2 rings (SSSR count). The van der Waals surface area contributed by atoms with Gasteiger partial charge in [-0.05, 0) is 29.3 Å². The van der Waals surface area contributed by atoms with Crippen LogP contribution in [0, 0.1) is 6.92 Å². The Morgan fingerprint density at radius 1 is 1.47 bits per heavy atom. The van der Waals surface area contributed by atoms with Crippen LogP contribution in [0.2, 0.25) is 0 Å². The van der Waals surface area contributed by atoms with E-state index in [1.54, 1.807) is 29.8 Å². The molecule has 2 aromatic heterocycles. The van der Waals surface area contributed by atoms with Crippen molar-refractivity contribution in [2.75, 3.05) is 20.3 Å². The van der Waals surface area contributed by atoms with Gasteiger partial charge in [0.25, 0.3) is 0 Å². The topological polar surface area (TPSA) is 34.1 Å². The number of methoxy groups -OCH3 is 1. The number of thiazole rings is 1. The molecule has 0 aliphatic rings. The van der Waals surface area contributed by atoms with Crippen LogP contribution in [0.5, 0.6) is 0 Å². The highest BCUT2D eigenvalue weighted by atomic mass is 32.1. The van der Waals surface area contributed by atoms with Crippen LogP contribution in [0.1, 0.15) is 22.3 Å². The summed E-state index contributed by atoms with van der Waals surface area (Å²) in [4.78, 5) is 4.57. The minimum Gasteiger partial charge on any atom is -0.383 e. The first kappa shape index (κ1) is 12.7. The van der Waals surface area contributed by atoms with Gasteiger partial charge in [0.1, 0.15) is 5.01 Å². The smallest absolute Gasteiger partial charge is 0.114 e. The molecule has 5 heteroatoms. The van der Waals surface area contributed by atoms with Gasteiger partial charge in [-0.3, -0.25) is 0 Å². The third-order valence-corrected chi connectivity index (χ3v) is 4.14. The molecule has 3 nitrogen and oxygen atoms in total. The highest BCUT2D eigenvalue weighted by Crippen LogP contribution is 2.26. The molecule has 1 unspecified atom stereocenters. The van der Waals surface area contributed by atoms with E-state index in [9.17, 15) is 0 Å². The molecule has 2 aromatic rings. The van der Waals surface area contributed by atoms with Crippen molar-refractivity contribution < 1.29 is 4.74 Å². The Labute approximate surface area is 109 Å². The van der Waals surface area contributed by atoms with Crippen molar-refractivity contribution in [3.8, 4) is 0 Å². The van der Waals surface area contributed by atoms with Crippen LogP contribution in [-0.4, -0.2) is 25.2 Å². The largest absolute Gasteiger partial charge is 0.383 e. The molecular formula is C12H16N2OS2. The quantitative estimate of drug-likeness (QED) is 0.818. The van der Waals surface area contributed by atoms with Crippen LogP contribution in [0.4, 0.5) is 0 Å². The SMILES string of the molecule is COCCNC(c1ccsc1)c1nc(C)cs1. The summed E-state index contributed by atoms with van der Waals surface area (Å²) in [6, 6.07) is 2.33. The minimum atomic E-state index is 0.190. The molecule has 17 heavy (non-hydrogen) atoms. The molecule has 1 N–H and O–H groups in total. The Kier molecular flexibility index (Phi) is 4.67. The van der Waals surface area contributed by atoms with Crippen molar-refractivity contribution in [2.45, 2.75) is 13.0 Å². The maximum absolute atomic E-state index is 5.07. The highest BCUT2D eigenvalue weighted by Gasteiger charge is 2.16. The molecule has 0 saturated carbocycles. The second kappa shape index (κ2) is 6.26. The maximum atomic E-state index is 5.07. The van der Waals surface area contributed by atoms with E-state index < -0.39 is 0 Å². The van der Waals surface area contributed by atoms with Gasteiger partial charge in [0.05, 0.1) is 12.6 Å². The summed E-state index contributed by atoms with van der Waals surface area (Å²) in [5, 5.41) is 11.0. The van der Waals surface area contributed by atoms with Crippen molar-refractivity contribution in [1.29, 1.82) is 0 Å². The number of hydrogen-bond donors (Lipinski definition) is 1. The summed E-state index contributed by atoms with van der Waals surface area (Å²) >= 11 is 3.42. The van der Waals surface area contributed by atoms with Gasteiger partial charge in [-0.1, -0.05) is 0 Å². The lowest BCUT2D eigenvalue weighted by Gasteiger charge is -2.15. The zero-order valence-corrected chi connectivity index (χ0v) is 11.6. The number of thiophene rings is 1. The second-order valence-corrected chi connectivity index (χ2v) is 5.43. The summed E-state index contributed by atoms with van der Waals surface area (Å²) in [6.45, 7) is 3.57. The van der Waals surface area contributed by atoms with Crippen molar-refractivity contribution >= 4 is 22.7 Å². The van der Waals surface area contributed by atoms with Crippen LogP contribution in [0.15, 0.2) is 22.2 Å². The molecule has 0 spiro atoms. The molecule has 0 aliphatic heterocycles. The molecule has 0 aromatic carbocycles. The first-order chi connectivity index (χ1) is 8.31. The zero-order chi connectivity index (χ0) is 12.1. The average Bonchev–Trinajstić information content (AvgIpc) is 2.96. The average molecular weight is 268 g/mol. The number of ether oxygens (including phenoxy) is 1. The Hall–Kier alpha value is -0.750. The number of aromatic nitrogens is 1. The third-order valence-electron chi connectivity index (χ3n) is 2.41. The van der Waals surface area contributed by atoms with Crippen LogP contribution in [0.3, 0.4) is 0 Å². The molecule has 92 valence electrons. The lowest BCUT2D eigenvalue weighted by Crippen LogP contribution is -2.25. The van der Waals surface area contributed by atoms with Crippen molar-refractivity contribution in [2.24, 2.45) is 0 Å². The van der Waals surface area contributed by atoms with E-state index in [1.165, 1.54) is 5.56 Å². The van der Waals surface area contributed by atoms with Gasteiger partial charge in [0, 0.05) is 24.7 Å². The molecule has 0 radical (unpaired) electrons. The lowest BCUT2D eigenvalue weighted by atomic mass is 10.1. The monoisotopic (exact) mass is 268 g/mol. The van der Waals surface area contributed by atoms with Gasteiger partial charge in [-0.15, -0.1) is 11.3 Å². The van der Waals surface area contributed by atoms with Crippen molar-refractivity contribution in [1.82, 2.24) is 10.3 Å². The number of aryl methyl sites for hydroxylation is 1. The Balaban J connectivity index is 2.13. The van der Waals surface area contributed by atoms with Gasteiger partial charge in [0.15, 0.2) is 0 Å². The summed E-state index contributed by atoms with van der Waals surface area (Å²) in [7, 11) is 1.72. The number of nitrogens with one attached hydrogen (secondary N) is 1. The molecule has 0 saturated heterocycles. The lowest BCUT2D eigenvalue weighted by molar-refractivity contribution is 0.197. The van der Waals surface area contributed by atoms with E-state index in [-0.39, 0.29) is 6.04 Å². The molecule has 0 amide bonds. The van der Waals surface area contributed by atoms with Gasteiger partial charge in [0.2, 0.25) is 0 Å². The first-order valence-corrected chi connectivity index (χ1v) is 7.30.